The van der Waals surface area contributed by atoms with Crippen LogP contribution >= 0.6 is 0 Å². The molecule has 4 rings (SSSR count). The van der Waals surface area contributed by atoms with Gasteiger partial charge in [-0.1, -0.05) is 18.9 Å². The standard InChI is InChI=1S/C22H26N2O2/c1-5-16-20(24-10-8-22(3,26-4)9-11-24)18-13-15(17-12-14(17)2)6-7-19(18)23-21(16)25/h1,6-7,13-14,17H,8-12H2,2-4H3,(H,23,25)/t14-,17-/m0/s1. The highest BCUT2D eigenvalue weighted by Gasteiger charge is 2.35. The summed E-state index contributed by atoms with van der Waals surface area (Å²) < 4.78 is 5.67. The number of terminal acetylenes is 1. The third-order valence-corrected chi connectivity index (χ3v) is 6.32. The van der Waals surface area contributed by atoms with Gasteiger partial charge < -0.3 is 14.6 Å². The van der Waals surface area contributed by atoms with Crippen molar-refractivity contribution in [2.45, 2.75) is 44.6 Å². The molecule has 2 atom stereocenters. The fraction of sp³-hybridized carbons (Fsp3) is 0.500. The Balaban J connectivity index is 1.83. The molecule has 2 fully saturated rings. The number of hydrogen-bond donors (Lipinski definition) is 1. The first kappa shape index (κ1) is 17.2. The summed E-state index contributed by atoms with van der Waals surface area (Å²) in [6, 6.07) is 6.41. The maximum atomic E-state index is 12.5. The van der Waals surface area contributed by atoms with Crippen LogP contribution in [0.25, 0.3) is 10.9 Å². The zero-order chi connectivity index (χ0) is 18.5. The van der Waals surface area contributed by atoms with Crippen molar-refractivity contribution >= 4 is 16.6 Å². The van der Waals surface area contributed by atoms with E-state index in [1.807, 2.05) is 6.07 Å². The molecule has 0 radical (unpaired) electrons. The highest BCUT2D eigenvalue weighted by molar-refractivity contribution is 5.95. The van der Waals surface area contributed by atoms with Crippen LogP contribution in [0.1, 0.15) is 50.2 Å². The Morgan fingerprint density at radius 1 is 1.35 bits per heavy atom. The summed E-state index contributed by atoms with van der Waals surface area (Å²) in [6.07, 6.45) is 8.81. The number of fused-ring (bicyclic) bond motifs is 1. The SMILES string of the molecule is C#Cc1c(N2CCC(C)(OC)CC2)c2cc([C@H]3C[C@@H]3C)ccc2[nH]c1=O. The summed E-state index contributed by atoms with van der Waals surface area (Å²) in [5.41, 5.74) is 3.29. The first-order valence-corrected chi connectivity index (χ1v) is 9.42. The van der Waals surface area contributed by atoms with E-state index < -0.39 is 0 Å². The van der Waals surface area contributed by atoms with Crippen LogP contribution in [0, 0.1) is 18.3 Å². The number of aromatic amines is 1. The van der Waals surface area contributed by atoms with Crippen LogP contribution in [-0.2, 0) is 4.74 Å². The van der Waals surface area contributed by atoms with Gasteiger partial charge in [0.15, 0.2) is 0 Å². The number of nitrogens with zero attached hydrogens (tertiary/aromatic N) is 1. The highest BCUT2D eigenvalue weighted by Crippen LogP contribution is 2.48. The van der Waals surface area contributed by atoms with Gasteiger partial charge in [0.25, 0.3) is 5.56 Å². The normalized spacial score (nSPS) is 24.5. The van der Waals surface area contributed by atoms with Crippen molar-refractivity contribution in [2.24, 2.45) is 5.92 Å². The lowest BCUT2D eigenvalue weighted by molar-refractivity contribution is -0.0132. The lowest BCUT2D eigenvalue weighted by Gasteiger charge is -2.40. The molecule has 0 spiro atoms. The van der Waals surface area contributed by atoms with E-state index in [0.29, 0.717) is 11.5 Å². The summed E-state index contributed by atoms with van der Waals surface area (Å²) in [6.45, 7) is 6.10. The summed E-state index contributed by atoms with van der Waals surface area (Å²) in [5, 5.41) is 1.06. The first-order chi connectivity index (χ1) is 12.5. The van der Waals surface area contributed by atoms with Gasteiger partial charge in [-0.3, -0.25) is 4.79 Å². The summed E-state index contributed by atoms with van der Waals surface area (Å²) in [5.74, 6) is 4.01. The Bertz CT molecular complexity index is 945. The molecule has 1 aromatic heterocycles. The number of aromatic nitrogens is 1. The van der Waals surface area contributed by atoms with Gasteiger partial charge in [0.05, 0.1) is 16.8 Å². The molecular weight excluding hydrogens is 324 g/mol. The van der Waals surface area contributed by atoms with Gasteiger partial charge in [-0.25, -0.2) is 0 Å². The van der Waals surface area contributed by atoms with Gasteiger partial charge in [-0.05, 0) is 55.7 Å². The number of methoxy groups -OCH3 is 1. The molecule has 1 aliphatic heterocycles. The molecule has 1 saturated carbocycles. The van der Waals surface area contributed by atoms with E-state index in [-0.39, 0.29) is 11.2 Å². The number of piperidine rings is 1. The van der Waals surface area contributed by atoms with Crippen molar-refractivity contribution in [1.29, 1.82) is 0 Å². The average Bonchev–Trinajstić information content (AvgIpc) is 3.38. The largest absolute Gasteiger partial charge is 0.378 e. The highest BCUT2D eigenvalue weighted by atomic mass is 16.5. The Kier molecular flexibility index (Phi) is 4.08. The molecular formula is C22H26N2O2. The molecule has 1 aliphatic carbocycles. The predicted molar refractivity (Wildman–Crippen MR) is 106 cm³/mol. The van der Waals surface area contributed by atoms with Gasteiger partial charge in [-0.15, -0.1) is 6.42 Å². The molecule has 1 aromatic carbocycles. The van der Waals surface area contributed by atoms with Gasteiger partial charge in [0, 0.05) is 25.6 Å². The van der Waals surface area contributed by atoms with Gasteiger partial charge in [0.1, 0.15) is 5.56 Å². The maximum Gasteiger partial charge on any atom is 0.266 e. The first-order valence-electron chi connectivity index (χ1n) is 9.42. The van der Waals surface area contributed by atoms with Crippen LogP contribution in [-0.4, -0.2) is 30.8 Å². The van der Waals surface area contributed by atoms with E-state index in [0.717, 1.165) is 48.4 Å². The van der Waals surface area contributed by atoms with Crippen LogP contribution in [0.4, 0.5) is 5.69 Å². The second-order valence-corrected chi connectivity index (χ2v) is 8.09. The van der Waals surface area contributed by atoms with Crippen LogP contribution in [0.5, 0.6) is 0 Å². The maximum absolute atomic E-state index is 12.5. The molecule has 26 heavy (non-hydrogen) atoms. The van der Waals surface area contributed by atoms with Crippen molar-refractivity contribution in [3.05, 3.63) is 39.7 Å². The minimum absolute atomic E-state index is 0.0988. The molecule has 0 amide bonds. The van der Waals surface area contributed by atoms with Gasteiger partial charge in [0.2, 0.25) is 0 Å². The number of benzene rings is 1. The van der Waals surface area contributed by atoms with E-state index in [1.54, 1.807) is 7.11 Å². The molecule has 4 heteroatoms. The Morgan fingerprint density at radius 3 is 2.62 bits per heavy atom. The number of ether oxygens (including phenoxy) is 1. The average molecular weight is 350 g/mol. The van der Waals surface area contributed by atoms with Crippen molar-refractivity contribution in [3.8, 4) is 12.3 Å². The zero-order valence-corrected chi connectivity index (χ0v) is 15.8. The monoisotopic (exact) mass is 350 g/mol. The van der Waals surface area contributed by atoms with E-state index in [2.05, 4.69) is 41.8 Å². The molecule has 1 N–H and O–H groups in total. The number of rotatable bonds is 3. The summed E-state index contributed by atoms with van der Waals surface area (Å²) in [4.78, 5) is 17.8. The van der Waals surface area contributed by atoms with Gasteiger partial charge in [-0.2, -0.15) is 0 Å². The minimum atomic E-state index is -0.178. The fourth-order valence-electron chi connectivity index (χ4n) is 4.18. The predicted octanol–water partition coefficient (Wildman–Crippen LogP) is 3.64. The number of hydrogen-bond acceptors (Lipinski definition) is 3. The molecule has 136 valence electrons. The fourth-order valence-corrected chi connectivity index (χ4v) is 4.18. The Hall–Kier alpha value is -2.25. The quantitative estimate of drug-likeness (QED) is 0.860. The van der Waals surface area contributed by atoms with Crippen molar-refractivity contribution in [2.75, 3.05) is 25.1 Å². The lowest BCUT2D eigenvalue weighted by atomic mass is 9.92. The van der Waals surface area contributed by atoms with Crippen molar-refractivity contribution < 1.29 is 4.74 Å². The number of pyridine rings is 1. The van der Waals surface area contributed by atoms with Crippen LogP contribution in [0.2, 0.25) is 0 Å². The topological polar surface area (TPSA) is 45.3 Å². The molecule has 2 aliphatic rings. The second-order valence-electron chi connectivity index (χ2n) is 8.09. The third kappa shape index (κ3) is 2.81. The summed E-state index contributed by atoms with van der Waals surface area (Å²) in [7, 11) is 1.77. The Morgan fingerprint density at radius 2 is 2.04 bits per heavy atom. The van der Waals surface area contributed by atoms with E-state index >= 15 is 0 Å². The third-order valence-electron chi connectivity index (χ3n) is 6.32. The van der Waals surface area contributed by atoms with E-state index in [1.165, 1.54) is 12.0 Å². The van der Waals surface area contributed by atoms with E-state index in [9.17, 15) is 4.79 Å². The van der Waals surface area contributed by atoms with Crippen LogP contribution in [0.3, 0.4) is 0 Å². The Labute approximate surface area is 154 Å². The molecule has 4 nitrogen and oxygen atoms in total. The molecule has 2 aromatic rings. The number of anilines is 1. The van der Waals surface area contributed by atoms with E-state index in [4.69, 9.17) is 11.2 Å². The van der Waals surface area contributed by atoms with Crippen LogP contribution < -0.4 is 10.5 Å². The smallest absolute Gasteiger partial charge is 0.266 e. The molecule has 0 bridgehead atoms. The minimum Gasteiger partial charge on any atom is -0.378 e. The molecule has 0 unspecified atom stereocenters. The van der Waals surface area contributed by atoms with Crippen molar-refractivity contribution in [1.82, 2.24) is 4.98 Å². The summed E-state index contributed by atoms with van der Waals surface area (Å²) >= 11 is 0. The number of nitrogens with one attached hydrogen (secondary N) is 1. The van der Waals surface area contributed by atoms with Gasteiger partial charge >= 0.3 is 0 Å². The lowest BCUT2D eigenvalue weighted by Crippen LogP contribution is -2.44. The second kappa shape index (κ2) is 6.17. The number of H-pyrrole nitrogens is 1. The van der Waals surface area contributed by atoms with Crippen molar-refractivity contribution in [3.63, 3.8) is 0 Å². The zero-order valence-electron chi connectivity index (χ0n) is 15.8. The molecule has 1 saturated heterocycles. The molecule has 2 heterocycles. The van der Waals surface area contributed by atoms with Crippen LogP contribution in [0.15, 0.2) is 23.0 Å².